The third kappa shape index (κ3) is 4.10. The molecule has 10 aromatic rings. The number of fused-ring (bicyclic) bond motifs is 8. The second kappa shape index (κ2) is 10.5. The minimum absolute atomic E-state index is 0.622. The zero-order valence-electron chi connectivity index (χ0n) is 25.7. The van der Waals surface area contributed by atoms with Gasteiger partial charge in [-0.15, -0.1) is 0 Å². The van der Waals surface area contributed by atoms with Crippen LogP contribution in [-0.4, -0.2) is 9.97 Å². The lowest BCUT2D eigenvalue weighted by Gasteiger charge is -2.10. The molecule has 4 nitrogen and oxygen atoms in total. The molecule has 224 valence electrons. The van der Waals surface area contributed by atoms with Crippen molar-refractivity contribution in [3.05, 3.63) is 158 Å². The van der Waals surface area contributed by atoms with Gasteiger partial charge in [-0.2, -0.15) is 0 Å². The van der Waals surface area contributed by atoms with E-state index >= 15 is 0 Å². The predicted octanol–water partition coefficient (Wildman–Crippen LogP) is 12.1. The van der Waals surface area contributed by atoms with Crippen molar-refractivity contribution in [2.75, 3.05) is 0 Å². The van der Waals surface area contributed by atoms with Crippen molar-refractivity contribution < 1.29 is 8.83 Å². The molecule has 0 saturated carbocycles. The number of hydrogen-bond acceptors (Lipinski definition) is 4. The van der Waals surface area contributed by atoms with Crippen LogP contribution in [0.15, 0.2) is 167 Å². The molecule has 3 aromatic heterocycles. The van der Waals surface area contributed by atoms with Gasteiger partial charge in [-0.1, -0.05) is 127 Å². The first-order valence-electron chi connectivity index (χ1n) is 16.1. The van der Waals surface area contributed by atoms with Crippen molar-refractivity contribution in [2.24, 2.45) is 0 Å². The van der Waals surface area contributed by atoms with E-state index in [9.17, 15) is 0 Å². The van der Waals surface area contributed by atoms with Crippen LogP contribution in [-0.2, 0) is 0 Å². The SMILES string of the molecule is c1ccc(-c2cccc(-c3nc(-c4cccc5oc6c7ccccc7c(-c7ccccc7)cc6c45)nc4c3oc3ccccc34)c2)cc1. The smallest absolute Gasteiger partial charge is 0.180 e. The number of rotatable bonds is 4. The first-order chi connectivity index (χ1) is 23.8. The molecule has 0 saturated heterocycles. The lowest BCUT2D eigenvalue weighted by atomic mass is 9.94. The minimum atomic E-state index is 0.622. The van der Waals surface area contributed by atoms with Crippen molar-refractivity contribution in [2.45, 2.75) is 0 Å². The average Bonchev–Trinajstić information content (AvgIpc) is 3.74. The Morgan fingerprint density at radius 2 is 1.00 bits per heavy atom. The first kappa shape index (κ1) is 26.7. The van der Waals surface area contributed by atoms with Gasteiger partial charge in [0.05, 0.1) is 0 Å². The summed E-state index contributed by atoms with van der Waals surface area (Å²) in [5.74, 6) is 0.622. The average molecular weight is 615 g/mol. The molecular formula is C44H26N2O2. The Morgan fingerprint density at radius 3 is 1.83 bits per heavy atom. The number of aromatic nitrogens is 2. The molecule has 0 aliphatic carbocycles. The van der Waals surface area contributed by atoms with Gasteiger partial charge >= 0.3 is 0 Å². The Morgan fingerprint density at radius 1 is 0.375 bits per heavy atom. The van der Waals surface area contributed by atoms with Crippen LogP contribution in [0, 0.1) is 0 Å². The van der Waals surface area contributed by atoms with Gasteiger partial charge in [0.1, 0.15) is 28.0 Å². The van der Waals surface area contributed by atoms with E-state index in [0.717, 1.165) is 88.3 Å². The maximum atomic E-state index is 6.67. The molecule has 10 rings (SSSR count). The Balaban J connectivity index is 1.28. The highest BCUT2D eigenvalue weighted by atomic mass is 16.3. The van der Waals surface area contributed by atoms with Crippen LogP contribution in [0.5, 0.6) is 0 Å². The van der Waals surface area contributed by atoms with Gasteiger partial charge in [-0.25, -0.2) is 9.97 Å². The molecular weight excluding hydrogens is 588 g/mol. The molecule has 0 spiro atoms. The van der Waals surface area contributed by atoms with E-state index in [2.05, 4.69) is 121 Å². The summed E-state index contributed by atoms with van der Waals surface area (Å²) in [6.45, 7) is 0. The summed E-state index contributed by atoms with van der Waals surface area (Å²) >= 11 is 0. The number of para-hydroxylation sites is 1. The molecule has 0 bridgehead atoms. The Labute approximate surface area is 275 Å². The number of hydrogen-bond donors (Lipinski definition) is 0. The fourth-order valence-corrected chi connectivity index (χ4v) is 7.07. The van der Waals surface area contributed by atoms with Crippen LogP contribution in [0.25, 0.3) is 99.7 Å². The lowest BCUT2D eigenvalue weighted by Crippen LogP contribution is -1.95. The standard InChI is InChI=1S/C44H26N2O2/c1-3-13-27(14-4-1)29-17-11-18-30(25-29)40-43-41(33-21-9-10-23-37(33)47-43)46-44(45-40)34-22-12-24-38-39(34)36-26-35(28-15-5-2-6-16-28)31-19-7-8-20-32(31)42(36)48-38/h1-26H. The normalized spacial score (nSPS) is 11.8. The number of furan rings is 2. The van der Waals surface area contributed by atoms with Gasteiger partial charge in [0.25, 0.3) is 0 Å². The van der Waals surface area contributed by atoms with Gasteiger partial charge in [-0.05, 0) is 58.0 Å². The maximum Gasteiger partial charge on any atom is 0.180 e. The quantitative estimate of drug-likeness (QED) is 0.198. The van der Waals surface area contributed by atoms with Gasteiger partial charge < -0.3 is 8.83 Å². The Kier molecular flexibility index (Phi) is 5.84. The topological polar surface area (TPSA) is 52.1 Å². The monoisotopic (exact) mass is 614 g/mol. The van der Waals surface area contributed by atoms with Crippen LogP contribution in [0.4, 0.5) is 0 Å². The van der Waals surface area contributed by atoms with E-state index in [-0.39, 0.29) is 0 Å². The van der Waals surface area contributed by atoms with E-state index in [1.54, 1.807) is 0 Å². The maximum absolute atomic E-state index is 6.67. The van der Waals surface area contributed by atoms with Crippen molar-refractivity contribution in [3.8, 4) is 44.9 Å². The zero-order chi connectivity index (χ0) is 31.6. The zero-order valence-corrected chi connectivity index (χ0v) is 25.7. The van der Waals surface area contributed by atoms with Crippen molar-refractivity contribution in [1.29, 1.82) is 0 Å². The number of benzene rings is 7. The third-order valence-corrected chi connectivity index (χ3v) is 9.29. The molecule has 0 aliphatic rings. The molecule has 0 unspecified atom stereocenters. The first-order valence-corrected chi connectivity index (χ1v) is 16.1. The van der Waals surface area contributed by atoms with E-state index in [4.69, 9.17) is 18.8 Å². The molecule has 0 atom stereocenters. The summed E-state index contributed by atoms with van der Waals surface area (Å²) in [4.78, 5) is 10.5. The molecule has 0 radical (unpaired) electrons. The van der Waals surface area contributed by atoms with Gasteiger partial charge in [0, 0.05) is 32.7 Å². The molecule has 3 heterocycles. The molecule has 0 aliphatic heterocycles. The second-order valence-electron chi connectivity index (χ2n) is 12.1. The van der Waals surface area contributed by atoms with E-state index in [0.29, 0.717) is 11.4 Å². The van der Waals surface area contributed by atoms with Crippen molar-refractivity contribution >= 4 is 54.8 Å². The highest BCUT2D eigenvalue weighted by Gasteiger charge is 2.22. The number of nitrogens with zero attached hydrogens (tertiary/aromatic N) is 2. The van der Waals surface area contributed by atoms with E-state index in [1.165, 1.54) is 0 Å². The minimum Gasteiger partial charge on any atom is -0.455 e. The molecule has 0 N–H and O–H groups in total. The molecule has 48 heavy (non-hydrogen) atoms. The van der Waals surface area contributed by atoms with E-state index in [1.807, 2.05) is 36.4 Å². The highest BCUT2D eigenvalue weighted by molar-refractivity contribution is 6.22. The summed E-state index contributed by atoms with van der Waals surface area (Å²) in [5.41, 5.74) is 11.1. The van der Waals surface area contributed by atoms with Crippen LogP contribution in [0.3, 0.4) is 0 Å². The van der Waals surface area contributed by atoms with Crippen LogP contribution in [0.2, 0.25) is 0 Å². The van der Waals surface area contributed by atoms with Crippen LogP contribution in [0.1, 0.15) is 0 Å². The molecule has 0 amide bonds. The molecule has 7 aromatic carbocycles. The predicted molar refractivity (Wildman–Crippen MR) is 196 cm³/mol. The van der Waals surface area contributed by atoms with Gasteiger partial charge in [-0.3, -0.25) is 0 Å². The lowest BCUT2D eigenvalue weighted by molar-refractivity contribution is 0.667. The fourth-order valence-electron chi connectivity index (χ4n) is 7.07. The molecule has 4 heteroatoms. The Bertz CT molecular complexity index is 2830. The van der Waals surface area contributed by atoms with Gasteiger partial charge in [0.2, 0.25) is 0 Å². The Hall–Kier alpha value is -6.52. The van der Waals surface area contributed by atoms with Gasteiger partial charge in [0.15, 0.2) is 11.4 Å². The third-order valence-electron chi connectivity index (χ3n) is 9.29. The van der Waals surface area contributed by atoms with Crippen molar-refractivity contribution in [3.63, 3.8) is 0 Å². The largest absolute Gasteiger partial charge is 0.455 e. The molecule has 0 fully saturated rings. The summed E-state index contributed by atoms with van der Waals surface area (Å²) < 4.78 is 13.2. The summed E-state index contributed by atoms with van der Waals surface area (Å²) in [5, 5.41) is 5.21. The second-order valence-corrected chi connectivity index (χ2v) is 12.1. The van der Waals surface area contributed by atoms with Crippen molar-refractivity contribution in [1.82, 2.24) is 9.97 Å². The van der Waals surface area contributed by atoms with E-state index < -0.39 is 0 Å². The van der Waals surface area contributed by atoms with Crippen LogP contribution >= 0.6 is 0 Å². The fraction of sp³-hybridized carbons (Fsp3) is 0. The summed E-state index contributed by atoms with van der Waals surface area (Å²) in [7, 11) is 0. The van der Waals surface area contributed by atoms with Crippen LogP contribution < -0.4 is 0 Å². The summed E-state index contributed by atoms with van der Waals surface area (Å²) in [6.07, 6.45) is 0. The highest BCUT2D eigenvalue weighted by Crippen LogP contribution is 2.44. The summed E-state index contributed by atoms with van der Waals surface area (Å²) in [6, 6.07) is 54.4.